The predicted molar refractivity (Wildman–Crippen MR) is 131 cm³/mol. The van der Waals surface area contributed by atoms with Crippen LogP contribution < -0.4 is 14.8 Å². The van der Waals surface area contributed by atoms with Crippen molar-refractivity contribution >= 4 is 17.7 Å². The van der Waals surface area contributed by atoms with Crippen LogP contribution in [-0.4, -0.2) is 45.7 Å². The van der Waals surface area contributed by atoms with Crippen LogP contribution in [0.3, 0.4) is 0 Å². The van der Waals surface area contributed by atoms with E-state index in [0.717, 1.165) is 11.3 Å². The molecular weight excluding hydrogens is 467 g/mol. The molecule has 2 heterocycles. The summed E-state index contributed by atoms with van der Waals surface area (Å²) in [6.45, 7) is 0.698. The maximum Gasteiger partial charge on any atom is 0.230 e. The molecule has 0 aliphatic carbocycles. The number of benzene rings is 3. The van der Waals surface area contributed by atoms with E-state index >= 15 is 0 Å². The van der Waals surface area contributed by atoms with E-state index in [1.807, 2.05) is 59.2 Å². The van der Waals surface area contributed by atoms with Crippen LogP contribution in [0.4, 0.5) is 4.39 Å². The van der Waals surface area contributed by atoms with Gasteiger partial charge in [0.25, 0.3) is 0 Å². The molecule has 1 N–H and O–H groups in total. The lowest BCUT2D eigenvalue weighted by atomic mass is 10.1. The van der Waals surface area contributed by atoms with Gasteiger partial charge in [-0.3, -0.25) is 9.36 Å². The van der Waals surface area contributed by atoms with Gasteiger partial charge in [0.15, 0.2) is 16.7 Å². The van der Waals surface area contributed by atoms with Crippen molar-refractivity contribution < 1.29 is 18.7 Å². The number of hydrogen-bond acceptors (Lipinski definition) is 6. The molecular formula is C26H23FN4O3S. The second-order valence-corrected chi connectivity index (χ2v) is 8.91. The maximum absolute atomic E-state index is 13.5. The fourth-order valence-corrected chi connectivity index (χ4v) is 4.51. The van der Waals surface area contributed by atoms with E-state index in [1.54, 1.807) is 12.1 Å². The van der Waals surface area contributed by atoms with Crippen molar-refractivity contribution in [2.45, 2.75) is 17.7 Å². The highest BCUT2D eigenvalue weighted by Crippen LogP contribution is 2.30. The Morgan fingerprint density at radius 1 is 1.00 bits per heavy atom. The van der Waals surface area contributed by atoms with Crippen molar-refractivity contribution in [2.75, 3.05) is 18.9 Å². The molecule has 0 bridgehead atoms. The molecule has 1 atom stereocenters. The first-order chi connectivity index (χ1) is 17.2. The predicted octanol–water partition coefficient (Wildman–Crippen LogP) is 4.05. The second kappa shape index (κ2) is 10.6. The highest BCUT2D eigenvalue weighted by molar-refractivity contribution is 7.99. The number of carbonyl (C=O) groups is 1. The Hall–Kier alpha value is -3.85. The van der Waals surface area contributed by atoms with Crippen LogP contribution in [-0.2, 0) is 11.2 Å². The highest BCUT2D eigenvalue weighted by Gasteiger charge is 2.22. The van der Waals surface area contributed by atoms with Crippen LogP contribution in [0.1, 0.15) is 11.4 Å². The molecule has 0 unspecified atom stereocenters. The zero-order chi connectivity index (χ0) is 24.0. The number of rotatable bonds is 8. The standard InChI is InChI=1S/C26H23FN4O3S/c27-19-10-12-20(13-11-19)31-24(14-18-6-2-1-3-7-18)29-30-26(31)35-17-25(32)28-15-21-16-33-22-8-4-5-9-23(22)34-21/h1-13,21H,14-17H2,(H,28,32)/t21-/m1/s1. The highest BCUT2D eigenvalue weighted by atomic mass is 32.2. The average Bonchev–Trinajstić information content (AvgIpc) is 3.29. The third kappa shape index (κ3) is 5.63. The zero-order valence-electron chi connectivity index (χ0n) is 18.8. The Bertz CT molecular complexity index is 1300. The van der Waals surface area contributed by atoms with Crippen molar-refractivity contribution in [2.24, 2.45) is 0 Å². The summed E-state index contributed by atoms with van der Waals surface area (Å²) in [5, 5.41) is 12.1. The van der Waals surface area contributed by atoms with E-state index in [-0.39, 0.29) is 23.6 Å². The summed E-state index contributed by atoms with van der Waals surface area (Å²) in [5.41, 5.74) is 1.81. The van der Waals surface area contributed by atoms with Gasteiger partial charge >= 0.3 is 0 Å². The smallest absolute Gasteiger partial charge is 0.230 e. The molecule has 9 heteroatoms. The van der Waals surface area contributed by atoms with E-state index in [1.165, 1.54) is 23.9 Å². The molecule has 35 heavy (non-hydrogen) atoms. The summed E-state index contributed by atoms with van der Waals surface area (Å²) >= 11 is 1.27. The average molecular weight is 491 g/mol. The Morgan fingerprint density at radius 3 is 2.54 bits per heavy atom. The molecule has 1 amide bonds. The fraction of sp³-hybridized carbons (Fsp3) is 0.192. The lowest BCUT2D eigenvalue weighted by molar-refractivity contribution is -0.119. The lowest BCUT2D eigenvalue weighted by Gasteiger charge is -2.26. The number of fused-ring (bicyclic) bond motifs is 1. The molecule has 1 aromatic heterocycles. The van der Waals surface area contributed by atoms with Gasteiger partial charge in [-0.2, -0.15) is 0 Å². The number of aromatic nitrogens is 3. The van der Waals surface area contributed by atoms with Crippen LogP contribution in [0.15, 0.2) is 84.0 Å². The zero-order valence-corrected chi connectivity index (χ0v) is 19.6. The third-order valence-corrected chi connectivity index (χ3v) is 6.35. The Balaban J connectivity index is 1.24. The second-order valence-electron chi connectivity index (χ2n) is 7.96. The van der Waals surface area contributed by atoms with Crippen molar-refractivity contribution in [3.05, 3.63) is 96.1 Å². The molecule has 7 nitrogen and oxygen atoms in total. The summed E-state index contributed by atoms with van der Waals surface area (Å²) < 4.78 is 27.0. The van der Waals surface area contributed by atoms with E-state index in [2.05, 4.69) is 15.5 Å². The van der Waals surface area contributed by atoms with E-state index in [9.17, 15) is 9.18 Å². The largest absolute Gasteiger partial charge is 0.486 e. The number of ether oxygens (including phenoxy) is 2. The van der Waals surface area contributed by atoms with Crippen LogP contribution in [0.2, 0.25) is 0 Å². The number of hydrogen-bond donors (Lipinski definition) is 1. The van der Waals surface area contributed by atoms with Crippen molar-refractivity contribution in [1.82, 2.24) is 20.1 Å². The van der Waals surface area contributed by atoms with Gasteiger partial charge in [0.2, 0.25) is 5.91 Å². The molecule has 4 aromatic rings. The maximum atomic E-state index is 13.5. The Morgan fingerprint density at radius 2 is 1.74 bits per heavy atom. The molecule has 0 saturated carbocycles. The molecule has 0 spiro atoms. The van der Waals surface area contributed by atoms with Crippen LogP contribution in [0.5, 0.6) is 11.5 Å². The van der Waals surface area contributed by atoms with Gasteiger partial charge in [-0.25, -0.2) is 4.39 Å². The van der Waals surface area contributed by atoms with Gasteiger partial charge < -0.3 is 14.8 Å². The summed E-state index contributed by atoms with van der Waals surface area (Å²) in [4.78, 5) is 12.6. The first-order valence-corrected chi connectivity index (χ1v) is 12.2. The summed E-state index contributed by atoms with van der Waals surface area (Å²) in [6.07, 6.45) is 0.289. The number of amides is 1. The fourth-order valence-electron chi connectivity index (χ4n) is 3.71. The number of nitrogens with one attached hydrogen (secondary N) is 1. The number of thioether (sulfide) groups is 1. The summed E-state index contributed by atoms with van der Waals surface area (Å²) in [6, 6.07) is 23.5. The van der Waals surface area contributed by atoms with Crippen molar-refractivity contribution in [3.8, 4) is 17.2 Å². The Kier molecular flexibility index (Phi) is 6.94. The molecule has 178 valence electrons. The first kappa shape index (κ1) is 22.9. The quantitative estimate of drug-likeness (QED) is 0.376. The van der Waals surface area contributed by atoms with Crippen LogP contribution in [0, 0.1) is 5.82 Å². The minimum atomic E-state index is -0.323. The number of halogens is 1. The van der Waals surface area contributed by atoms with Gasteiger partial charge in [0, 0.05) is 12.1 Å². The Labute approximate surface area is 206 Å². The molecule has 0 radical (unpaired) electrons. The number of para-hydroxylation sites is 2. The normalized spacial score (nSPS) is 14.5. The van der Waals surface area contributed by atoms with Crippen LogP contribution in [0.25, 0.3) is 5.69 Å². The van der Waals surface area contributed by atoms with Gasteiger partial charge in [-0.1, -0.05) is 54.2 Å². The van der Waals surface area contributed by atoms with Gasteiger partial charge in [-0.15, -0.1) is 10.2 Å². The van der Waals surface area contributed by atoms with Gasteiger partial charge in [0.05, 0.1) is 12.3 Å². The molecule has 5 rings (SSSR count). The van der Waals surface area contributed by atoms with Crippen molar-refractivity contribution in [1.29, 1.82) is 0 Å². The summed E-state index contributed by atoms with van der Waals surface area (Å²) in [5.74, 6) is 1.75. The van der Waals surface area contributed by atoms with E-state index in [0.29, 0.717) is 42.1 Å². The minimum absolute atomic E-state index is 0.148. The van der Waals surface area contributed by atoms with Crippen molar-refractivity contribution in [3.63, 3.8) is 0 Å². The van der Waals surface area contributed by atoms with Gasteiger partial charge in [-0.05, 0) is 42.0 Å². The van der Waals surface area contributed by atoms with E-state index < -0.39 is 0 Å². The SMILES string of the molecule is O=C(CSc1nnc(Cc2ccccc2)n1-c1ccc(F)cc1)NC[C@@H]1COc2ccccc2O1. The molecule has 0 saturated heterocycles. The minimum Gasteiger partial charge on any atom is -0.486 e. The molecule has 1 aliphatic rings. The molecule has 0 fully saturated rings. The summed E-state index contributed by atoms with van der Waals surface area (Å²) in [7, 11) is 0. The number of carbonyl (C=O) groups excluding carboxylic acids is 1. The lowest BCUT2D eigenvalue weighted by Crippen LogP contribution is -2.41. The molecule has 3 aromatic carbocycles. The monoisotopic (exact) mass is 490 g/mol. The molecule has 1 aliphatic heterocycles. The van der Waals surface area contributed by atoms with E-state index in [4.69, 9.17) is 9.47 Å². The van der Waals surface area contributed by atoms with Gasteiger partial charge in [0.1, 0.15) is 24.4 Å². The van der Waals surface area contributed by atoms with Crippen LogP contribution >= 0.6 is 11.8 Å². The number of nitrogens with zero attached hydrogens (tertiary/aromatic N) is 3. The topological polar surface area (TPSA) is 78.3 Å². The third-order valence-electron chi connectivity index (χ3n) is 5.42. The first-order valence-electron chi connectivity index (χ1n) is 11.2.